The second-order valence-corrected chi connectivity index (χ2v) is 18.1. The molecule has 4 heterocycles. The van der Waals surface area contributed by atoms with E-state index in [2.05, 4.69) is 117 Å². The van der Waals surface area contributed by atoms with Crippen LogP contribution in [0.4, 0.5) is 0 Å². The van der Waals surface area contributed by atoms with E-state index in [-0.39, 0.29) is 21.7 Å². The van der Waals surface area contributed by atoms with E-state index >= 15 is 0 Å². The third kappa shape index (κ3) is 3.49. The van der Waals surface area contributed by atoms with Gasteiger partial charge in [0, 0.05) is 77.2 Å². The number of aromatic nitrogens is 4. The van der Waals surface area contributed by atoms with Gasteiger partial charge in [-0.1, -0.05) is 111 Å². The number of benzene rings is 4. The van der Waals surface area contributed by atoms with Gasteiger partial charge in [-0.05, 0) is 97.9 Å². The van der Waals surface area contributed by atoms with Crippen LogP contribution in [0.15, 0.2) is 97.1 Å². The fraction of sp³-hybridized carbons (Fsp3) is 0.360. The standard InChI is InChI=1S/C50H48N4/c1-11-23-49(24-12-1)43-39(31-15-3-7-19-35(31)51-43)47(40-32-16-4-8-20-36(32)52-44(40)49)27-29-48(30-28-47)41-33-17-5-9-21-37(33)53-45(41)50(25-13-2-14-26-50)46-42(48)34-18-6-10-22-38(34)54-46/h3-10,15-22,51-54H,1-2,11-14,23-30H2. The third-order valence-electron chi connectivity index (χ3n) is 16.0. The minimum absolute atomic E-state index is 0.00750. The summed E-state index contributed by atoms with van der Waals surface area (Å²) < 4.78 is 0. The van der Waals surface area contributed by atoms with E-state index < -0.39 is 0 Å². The second-order valence-electron chi connectivity index (χ2n) is 18.1. The Morgan fingerprint density at radius 2 is 0.537 bits per heavy atom. The van der Waals surface area contributed by atoms with Gasteiger partial charge in [0.1, 0.15) is 0 Å². The number of nitrogens with one attached hydrogen (secondary N) is 4. The van der Waals surface area contributed by atoms with Crippen LogP contribution >= 0.6 is 0 Å². The first-order valence-electron chi connectivity index (χ1n) is 21.1. The highest BCUT2D eigenvalue weighted by Gasteiger charge is 2.61. The van der Waals surface area contributed by atoms with Crippen LogP contribution in [0, 0.1) is 0 Å². The predicted molar refractivity (Wildman–Crippen MR) is 221 cm³/mol. The van der Waals surface area contributed by atoms with Gasteiger partial charge in [0.15, 0.2) is 0 Å². The van der Waals surface area contributed by atoms with E-state index in [9.17, 15) is 0 Å². The van der Waals surface area contributed by atoms with Gasteiger partial charge in [0.2, 0.25) is 0 Å². The zero-order valence-electron chi connectivity index (χ0n) is 31.1. The van der Waals surface area contributed by atoms with Crippen molar-refractivity contribution in [2.75, 3.05) is 0 Å². The molecule has 5 aliphatic rings. The molecular weight excluding hydrogens is 657 g/mol. The molecule has 3 saturated carbocycles. The highest BCUT2D eigenvalue weighted by molar-refractivity contribution is 5.96. The number of hydrogen-bond donors (Lipinski definition) is 4. The maximum atomic E-state index is 4.18. The van der Waals surface area contributed by atoms with Crippen LogP contribution in [-0.4, -0.2) is 19.9 Å². The molecule has 0 radical (unpaired) electrons. The van der Waals surface area contributed by atoms with Crippen LogP contribution in [0.5, 0.6) is 0 Å². The number of hydrogen-bond acceptors (Lipinski definition) is 0. The minimum Gasteiger partial charge on any atom is -0.357 e. The van der Waals surface area contributed by atoms with E-state index in [0.29, 0.717) is 0 Å². The van der Waals surface area contributed by atoms with Gasteiger partial charge in [0.25, 0.3) is 0 Å². The summed E-state index contributed by atoms with van der Waals surface area (Å²) in [6, 6.07) is 37.2. The van der Waals surface area contributed by atoms with E-state index in [1.54, 1.807) is 22.3 Å². The van der Waals surface area contributed by atoms with Crippen molar-refractivity contribution < 1.29 is 0 Å². The van der Waals surface area contributed by atoms with Gasteiger partial charge in [0.05, 0.1) is 10.8 Å². The fourth-order valence-corrected chi connectivity index (χ4v) is 13.9. The first-order chi connectivity index (χ1) is 26.7. The highest BCUT2D eigenvalue weighted by atomic mass is 14.9. The molecule has 3 fully saturated rings. The van der Waals surface area contributed by atoms with Crippen molar-refractivity contribution in [2.45, 2.75) is 112 Å². The summed E-state index contributed by atoms with van der Waals surface area (Å²) in [5, 5.41) is 5.81. The molecule has 4 aromatic heterocycles. The van der Waals surface area contributed by atoms with Gasteiger partial charge in [-0.25, -0.2) is 0 Å². The SMILES string of the molecule is c1ccc2c3c([nH]c2c1)C1(CCCCC1)c1[nH]c2ccccc2c1C31CCC2(CC1)c1c([nH]c3ccccc13)C1(CCCCC1)c1[nH]c3ccccc3c12. The minimum atomic E-state index is -0.0870. The Hall–Kier alpha value is -4.96. The van der Waals surface area contributed by atoms with Crippen molar-refractivity contribution in [2.24, 2.45) is 0 Å². The lowest BCUT2D eigenvalue weighted by molar-refractivity contribution is 0.222. The summed E-state index contributed by atoms with van der Waals surface area (Å²) >= 11 is 0. The Balaban J connectivity index is 1.10. The molecule has 0 saturated heterocycles. The van der Waals surface area contributed by atoms with E-state index in [4.69, 9.17) is 0 Å². The molecule has 4 heteroatoms. The third-order valence-corrected chi connectivity index (χ3v) is 16.0. The largest absolute Gasteiger partial charge is 0.357 e. The normalized spacial score (nSPS) is 21.6. The molecule has 0 aliphatic heterocycles. The quantitative estimate of drug-likeness (QED) is 0.121. The van der Waals surface area contributed by atoms with Gasteiger partial charge in [-0.15, -0.1) is 0 Å². The van der Waals surface area contributed by atoms with Crippen LogP contribution < -0.4 is 0 Å². The molecule has 4 spiro atoms. The monoisotopic (exact) mass is 704 g/mol. The number of rotatable bonds is 0. The zero-order chi connectivity index (χ0) is 35.3. The predicted octanol–water partition coefficient (Wildman–Crippen LogP) is 12.6. The number of H-pyrrole nitrogens is 4. The van der Waals surface area contributed by atoms with Gasteiger partial charge in [-0.3, -0.25) is 0 Å². The molecule has 0 atom stereocenters. The summed E-state index contributed by atoms with van der Waals surface area (Å²) in [6.07, 6.45) is 17.2. The zero-order valence-corrected chi connectivity index (χ0v) is 31.1. The van der Waals surface area contributed by atoms with E-state index in [1.807, 2.05) is 0 Å². The molecule has 268 valence electrons. The Kier molecular flexibility index (Phi) is 5.86. The van der Waals surface area contributed by atoms with Crippen molar-refractivity contribution in [3.63, 3.8) is 0 Å². The first kappa shape index (κ1) is 30.4. The molecule has 54 heavy (non-hydrogen) atoms. The second kappa shape index (κ2) is 10.4. The average molecular weight is 705 g/mol. The average Bonchev–Trinajstić information content (AvgIpc) is 4.03. The highest BCUT2D eigenvalue weighted by Crippen LogP contribution is 2.68. The lowest BCUT2D eigenvalue weighted by Gasteiger charge is -2.55. The Bertz CT molecular complexity index is 2450. The molecule has 0 bridgehead atoms. The van der Waals surface area contributed by atoms with Gasteiger partial charge in [-0.2, -0.15) is 0 Å². The lowest BCUT2D eigenvalue weighted by Crippen LogP contribution is -2.50. The number of fused-ring (bicyclic) bond motifs is 20. The number of para-hydroxylation sites is 4. The lowest BCUT2D eigenvalue weighted by atomic mass is 9.47. The molecular formula is C50H48N4. The summed E-state index contributed by atoms with van der Waals surface area (Å²) in [4.78, 5) is 16.7. The maximum Gasteiger partial charge on any atom is 0.0510 e. The summed E-state index contributed by atoms with van der Waals surface area (Å²) in [7, 11) is 0. The molecule has 0 unspecified atom stereocenters. The van der Waals surface area contributed by atoms with Crippen LogP contribution in [-0.2, 0) is 21.7 Å². The number of aromatic amines is 4. The first-order valence-corrected chi connectivity index (χ1v) is 21.1. The molecule has 4 N–H and O–H groups in total. The van der Waals surface area contributed by atoms with Gasteiger partial charge < -0.3 is 19.9 Å². The van der Waals surface area contributed by atoms with Crippen molar-refractivity contribution >= 4 is 43.6 Å². The molecule has 4 aromatic carbocycles. The molecule has 13 rings (SSSR count). The smallest absolute Gasteiger partial charge is 0.0510 e. The summed E-state index contributed by atoms with van der Waals surface area (Å²) in [5.41, 5.74) is 17.7. The van der Waals surface area contributed by atoms with Gasteiger partial charge >= 0.3 is 0 Å². The van der Waals surface area contributed by atoms with E-state index in [0.717, 1.165) is 25.7 Å². The Labute approximate surface area is 316 Å². The molecule has 4 nitrogen and oxygen atoms in total. The maximum absolute atomic E-state index is 4.18. The summed E-state index contributed by atoms with van der Waals surface area (Å²) in [5.74, 6) is 0. The fourth-order valence-electron chi connectivity index (χ4n) is 13.9. The van der Waals surface area contributed by atoms with Crippen molar-refractivity contribution in [1.29, 1.82) is 0 Å². The Morgan fingerprint density at radius 1 is 0.278 bits per heavy atom. The molecule has 0 amide bonds. The van der Waals surface area contributed by atoms with Crippen LogP contribution in [0.1, 0.15) is 135 Å². The summed E-state index contributed by atoms with van der Waals surface area (Å²) in [6.45, 7) is 0. The topological polar surface area (TPSA) is 63.2 Å². The molecule has 8 aromatic rings. The molecule has 5 aliphatic carbocycles. The van der Waals surface area contributed by atoms with E-state index in [1.165, 1.54) is 131 Å². The van der Waals surface area contributed by atoms with Crippen LogP contribution in [0.2, 0.25) is 0 Å². The van der Waals surface area contributed by atoms with Crippen LogP contribution in [0.25, 0.3) is 43.6 Å². The van der Waals surface area contributed by atoms with Crippen LogP contribution in [0.3, 0.4) is 0 Å². The van der Waals surface area contributed by atoms with Crippen molar-refractivity contribution in [3.05, 3.63) is 142 Å². The van der Waals surface area contributed by atoms with Crippen molar-refractivity contribution in [3.8, 4) is 0 Å². The Morgan fingerprint density at radius 3 is 0.815 bits per heavy atom. The van der Waals surface area contributed by atoms with Crippen molar-refractivity contribution in [1.82, 2.24) is 19.9 Å².